The minimum absolute atomic E-state index is 0.00267. The van der Waals surface area contributed by atoms with Crippen LogP contribution in [0.5, 0.6) is 0 Å². The van der Waals surface area contributed by atoms with Gasteiger partial charge in [0.1, 0.15) is 5.52 Å². The van der Waals surface area contributed by atoms with Gasteiger partial charge in [-0.3, -0.25) is 4.79 Å². The summed E-state index contributed by atoms with van der Waals surface area (Å²) in [5.74, 6) is -0.00267. The zero-order valence-corrected chi connectivity index (χ0v) is 11.8. The molecule has 1 heterocycles. The smallest absolute Gasteiger partial charge is 0.224 e. The quantitative estimate of drug-likeness (QED) is 0.792. The highest BCUT2D eigenvalue weighted by Crippen LogP contribution is 2.18. The molecule has 0 saturated carbocycles. The van der Waals surface area contributed by atoms with Gasteiger partial charge in [0.2, 0.25) is 5.91 Å². The Morgan fingerprint density at radius 1 is 1.24 bits per heavy atom. The van der Waals surface area contributed by atoms with Gasteiger partial charge in [0, 0.05) is 18.2 Å². The fourth-order valence-electron chi connectivity index (χ4n) is 2.30. The molecular weight excluding hydrogens is 264 g/mol. The van der Waals surface area contributed by atoms with Crippen LogP contribution in [0.4, 0.5) is 5.69 Å². The second-order valence-corrected chi connectivity index (χ2v) is 5.01. The first kappa shape index (κ1) is 13.4. The molecular formula is C17H16N2O2. The Hall–Kier alpha value is -2.62. The molecule has 106 valence electrons. The number of carbonyl (C=O) groups is 1. The van der Waals surface area contributed by atoms with E-state index in [0.717, 1.165) is 17.6 Å². The van der Waals surface area contributed by atoms with Gasteiger partial charge in [-0.1, -0.05) is 24.3 Å². The van der Waals surface area contributed by atoms with Crippen molar-refractivity contribution in [3.8, 4) is 0 Å². The zero-order valence-electron chi connectivity index (χ0n) is 11.8. The summed E-state index contributed by atoms with van der Waals surface area (Å²) in [6.07, 6.45) is 2.59. The van der Waals surface area contributed by atoms with Gasteiger partial charge in [-0.2, -0.15) is 0 Å². The molecule has 4 heteroatoms. The highest BCUT2D eigenvalue weighted by atomic mass is 16.3. The molecule has 1 aromatic heterocycles. The second-order valence-electron chi connectivity index (χ2n) is 5.01. The fraction of sp³-hybridized carbons (Fsp3) is 0.176. The Kier molecular flexibility index (Phi) is 3.69. The molecule has 0 fully saturated rings. The second kappa shape index (κ2) is 5.79. The standard InChI is InChI=1S/C17H16N2O2/c1-12-4-2-3-5-13(12)6-9-17(20)19-14-7-8-15-16(10-14)21-11-18-15/h2-5,7-8,10-11H,6,9H2,1H3,(H,19,20). The number of hydrogen-bond acceptors (Lipinski definition) is 3. The largest absolute Gasteiger partial charge is 0.443 e. The van der Waals surface area contributed by atoms with E-state index in [2.05, 4.69) is 29.4 Å². The van der Waals surface area contributed by atoms with Gasteiger partial charge in [0.25, 0.3) is 0 Å². The number of anilines is 1. The van der Waals surface area contributed by atoms with Crippen molar-refractivity contribution in [3.05, 3.63) is 60.0 Å². The number of carbonyl (C=O) groups excluding carboxylic acids is 1. The van der Waals surface area contributed by atoms with Gasteiger partial charge in [-0.15, -0.1) is 0 Å². The van der Waals surface area contributed by atoms with E-state index < -0.39 is 0 Å². The van der Waals surface area contributed by atoms with Gasteiger partial charge in [0.05, 0.1) is 0 Å². The van der Waals surface area contributed by atoms with Crippen LogP contribution < -0.4 is 5.32 Å². The number of nitrogens with one attached hydrogen (secondary N) is 1. The molecule has 21 heavy (non-hydrogen) atoms. The van der Waals surface area contributed by atoms with Crippen LogP contribution in [0.3, 0.4) is 0 Å². The third kappa shape index (κ3) is 3.11. The highest BCUT2D eigenvalue weighted by Gasteiger charge is 2.06. The summed E-state index contributed by atoms with van der Waals surface area (Å²) < 4.78 is 5.22. The molecule has 3 rings (SSSR count). The molecule has 3 aromatic rings. The maximum atomic E-state index is 12.0. The third-order valence-corrected chi connectivity index (χ3v) is 3.50. The van der Waals surface area contributed by atoms with E-state index in [9.17, 15) is 4.79 Å². The van der Waals surface area contributed by atoms with Crippen molar-refractivity contribution in [2.75, 3.05) is 5.32 Å². The van der Waals surface area contributed by atoms with Crippen LogP contribution in [-0.4, -0.2) is 10.9 Å². The van der Waals surface area contributed by atoms with Gasteiger partial charge in [-0.25, -0.2) is 4.98 Å². The molecule has 1 N–H and O–H groups in total. The van der Waals surface area contributed by atoms with Crippen LogP contribution in [0.1, 0.15) is 17.5 Å². The molecule has 0 atom stereocenters. The van der Waals surface area contributed by atoms with Crippen molar-refractivity contribution >= 4 is 22.7 Å². The molecule has 4 nitrogen and oxygen atoms in total. The predicted octanol–water partition coefficient (Wildman–Crippen LogP) is 3.71. The molecule has 0 saturated heterocycles. The Morgan fingerprint density at radius 2 is 2.10 bits per heavy atom. The summed E-state index contributed by atoms with van der Waals surface area (Å²) in [7, 11) is 0. The van der Waals surface area contributed by atoms with Crippen LogP contribution in [-0.2, 0) is 11.2 Å². The van der Waals surface area contributed by atoms with Gasteiger partial charge in [0.15, 0.2) is 12.0 Å². The van der Waals surface area contributed by atoms with Crippen molar-refractivity contribution in [1.29, 1.82) is 0 Å². The van der Waals surface area contributed by atoms with Gasteiger partial charge >= 0.3 is 0 Å². The number of aryl methyl sites for hydroxylation is 2. The Balaban J connectivity index is 1.62. The van der Waals surface area contributed by atoms with E-state index in [1.807, 2.05) is 24.3 Å². The summed E-state index contributed by atoms with van der Waals surface area (Å²) in [5.41, 5.74) is 4.61. The average molecular weight is 280 g/mol. The maximum absolute atomic E-state index is 12.0. The van der Waals surface area contributed by atoms with E-state index >= 15 is 0 Å². The van der Waals surface area contributed by atoms with E-state index in [1.165, 1.54) is 17.5 Å². The SMILES string of the molecule is Cc1ccccc1CCC(=O)Nc1ccc2ncoc2c1. The first-order chi connectivity index (χ1) is 10.2. The van der Waals surface area contributed by atoms with Crippen molar-refractivity contribution in [1.82, 2.24) is 4.98 Å². The van der Waals surface area contributed by atoms with Crippen LogP contribution >= 0.6 is 0 Å². The van der Waals surface area contributed by atoms with Crippen molar-refractivity contribution in [2.24, 2.45) is 0 Å². The van der Waals surface area contributed by atoms with E-state index in [0.29, 0.717) is 12.0 Å². The molecule has 0 aliphatic rings. The Bertz CT molecular complexity index is 777. The lowest BCUT2D eigenvalue weighted by atomic mass is 10.0. The molecule has 0 spiro atoms. The van der Waals surface area contributed by atoms with Crippen LogP contribution in [0.25, 0.3) is 11.1 Å². The van der Waals surface area contributed by atoms with E-state index in [-0.39, 0.29) is 5.91 Å². The number of oxazole rings is 1. The van der Waals surface area contributed by atoms with E-state index in [4.69, 9.17) is 4.42 Å². The number of benzene rings is 2. The summed E-state index contributed by atoms with van der Waals surface area (Å²) in [5, 5.41) is 2.89. The third-order valence-electron chi connectivity index (χ3n) is 3.50. The predicted molar refractivity (Wildman–Crippen MR) is 82.1 cm³/mol. The van der Waals surface area contributed by atoms with Gasteiger partial charge < -0.3 is 9.73 Å². The lowest BCUT2D eigenvalue weighted by Gasteiger charge is -2.07. The minimum Gasteiger partial charge on any atom is -0.443 e. The molecule has 0 aliphatic carbocycles. The lowest BCUT2D eigenvalue weighted by molar-refractivity contribution is -0.116. The average Bonchev–Trinajstić information content (AvgIpc) is 2.94. The zero-order chi connectivity index (χ0) is 14.7. The van der Waals surface area contributed by atoms with Gasteiger partial charge in [-0.05, 0) is 36.6 Å². The highest BCUT2D eigenvalue weighted by molar-refractivity contribution is 5.92. The minimum atomic E-state index is -0.00267. The first-order valence-electron chi connectivity index (χ1n) is 6.90. The van der Waals surface area contributed by atoms with Crippen molar-refractivity contribution in [2.45, 2.75) is 19.8 Å². The van der Waals surface area contributed by atoms with Crippen LogP contribution in [0.2, 0.25) is 0 Å². The van der Waals surface area contributed by atoms with Crippen molar-refractivity contribution in [3.63, 3.8) is 0 Å². The number of amides is 1. The summed E-state index contributed by atoms with van der Waals surface area (Å²) in [6, 6.07) is 13.6. The molecule has 2 aromatic carbocycles. The molecule has 0 aliphatic heterocycles. The summed E-state index contributed by atoms with van der Waals surface area (Å²) >= 11 is 0. The fourth-order valence-corrected chi connectivity index (χ4v) is 2.30. The monoisotopic (exact) mass is 280 g/mol. The maximum Gasteiger partial charge on any atom is 0.224 e. The van der Waals surface area contributed by atoms with Crippen LogP contribution in [0, 0.1) is 6.92 Å². The number of hydrogen-bond donors (Lipinski definition) is 1. The number of aromatic nitrogens is 1. The topological polar surface area (TPSA) is 55.1 Å². The lowest BCUT2D eigenvalue weighted by Crippen LogP contribution is -2.12. The molecule has 0 radical (unpaired) electrons. The number of nitrogens with zero attached hydrogens (tertiary/aromatic N) is 1. The summed E-state index contributed by atoms with van der Waals surface area (Å²) in [6.45, 7) is 2.06. The molecule has 0 bridgehead atoms. The molecule has 0 unspecified atom stereocenters. The molecule has 1 amide bonds. The Morgan fingerprint density at radius 3 is 2.95 bits per heavy atom. The first-order valence-corrected chi connectivity index (χ1v) is 6.90. The number of rotatable bonds is 4. The summed E-state index contributed by atoms with van der Waals surface area (Å²) in [4.78, 5) is 16.1. The van der Waals surface area contributed by atoms with Crippen LogP contribution in [0.15, 0.2) is 53.3 Å². The Labute approximate surface area is 122 Å². The van der Waals surface area contributed by atoms with Crippen molar-refractivity contribution < 1.29 is 9.21 Å². The normalized spacial score (nSPS) is 10.7. The number of fused-ring (bicyclic) bond motifs is 1. The van der Waals surface area contributed by atoms with E-state index in [1.54, 1.807) is 6.07 Å².